The number of anilines is 1. The highest BCUT2D eigenvalue weighted by molar-refractivity contribution is 7.98. The Morgan fingerprint density at radius 2 is 1.96 bits per heavy atom. The lowest BCUT2D eigenvalue weighted by Gasteiger charge is -2.09. The molecule has 25 heavy (non-hydrogen) atoms. The molecule has 5 nitrogen and oxygen atoms in total. The first kappa shape index (κ1) is 18.8. The number of ether oxygens (including phenoxy) is 1. The van der Waals surface area contributed by atoms with Gasteiger partial charge >= 0.3 is 11.8 Å². The Labute approximate surface area is 150 Å². The van der Waals surface area contributed by atoms with Gasteiger partial charge in [0.1, 0.15) is 0 Å². The number of hydrogen-bond acceptors (Lipinski definition) is 4. The number of nitrogens with one attached hydrogen (secondary N) is 2. The predicted octanol–water partition coefficient (Wildman–Crippen LogP) is 3.20. The zero-order chi connectivity index (χ0) is 18.2. The lowest BCUT2D eigenvalue weighted by atomic mass is 10.2. The molecule has 2 rings (SSSR count). The number of carbonyl (C=O) groups is 2. The van der Waals surface area contributed by atoms with Crippen molar-refractivity contribution in [3.8, 4) is 5.75 Å². The minimum absolute atomic E-state index is 0.0421. The van der Waals surface area contributed by atoms with Gasteiger partial charge in [0.25, 0.3) is 0 Å². The van der Waals surface area contributed by atoms with E-state index in [1.807, 2.05) is 12.3 Å². The lowest BCUT2D eigenvalue weighted by molar-refractivity contribution is -0.136. The van der Waals surface area contributed by atoms with E-state index in [2.05, 4.69) is 10.6 Å². The average molecular weight is 362 g/mol. The van der Waals surface area contributed by atoms with Crippen LogP contribution in [-0.2, 0) is 16.1 Å². The van der Waals surface area contributed by atoms with E-state index in [-0.39, 0.29) is 12.3 Å². The van der Waals surface area contributed by atoms with Gasteiger partial charge in [-0.05, 0) is 49.1 Å². The monoisotopic (exact) mass is 362 g/mol. The molecule has 0 unspecified atom stereocenters. The molecule has 0 aliphatic heterocycles. The fourth-order valence-electron chi connectivity index (χ4n) is 2.08. The normalized spacial score (nSPS) is 10.2. The first-order valence-electron chi connectivity index (χ1n) is 7.68. The van der Waals surface area contributed by atoms with E-state index in [1.165, 1.54) is 23.9 Å². The molecule has 0 aliphatic carbocycles. The summed E-state index contributed by atoms with van der Waals surface area (Å²) in [4.78, 5) is 24.8. The summed E-state index contributed by atoms with van der Waals surface area (Å²) in [5, 5.41) is 4.99. The van der Waals surface area contributed by atoms with E-state index in [0.717, 1.165) is 4.90 Å². The summed E-state index contributed by atoms with van der Waals surface area (Å²) >= 11 is 1.53. The Bertz CT molecular complexity index is 768. The SMILES string of the molecule is CCOc1ccc(CNC(=O)C(=O)Nc2cccc(SC)c2)cc1F. The fraction of sp³-hybridized carbons (Fsp3) is 0.222. The Balaban J connectivity index is 1.90. The van der Waals surface area contributed by atoms with Gasteiger partial charge < -0.3 is 15.4 Å². The van der Waals surface area contributed by atoms with E-state index < -0.39 is 17.6 Å². The number of carbonyl (C=O) groups excluding carboxylic acids is 2. The molecule has 2 N–H and O–H groups in total. The number of benzene rings is 2. The van der Waals surface area contributed by atoms with Crippen LogP contribution in [0.4, 0.5) is 10.1 Å². The first-order valence-corrected chi connectivity index (χ1v) is 8.90. The van der Waals surface area contributed by atoms with Crippen molar-refractivity contribution in [1.29, 1.82) is 0 Å². The third-order valence-electron chi connectivity index (χ3n) is 3.28. The highest BCUT2D eigenvalue weighted by atomic mass is 32.2. The van der Waals surface area contributed by atoms with E-state index in [1.54, 1.807) is 31.2 Å². The van der Waals surface area contributed by atoms with Gasteiger partial charge in [-0.15, -0.1) is 11.8 Å². The molecule has 132 valence electrons. The molecule has 0 saturated heterocycles. The summed E-state index contributed by atoms with van der Waals surface area (Å²) in [6, 6.07) is 11.6. The Morgan fingerprint density at radius 1 is 1.16 bits per heavy atom. The predicted molar refractivity (Wildman–Crippen MR) is 96.3 cm³/mol. The summed E-state index contributed by atoms with van der Waals surface area (Å²) in [5.41, 5.74) is 1.07. The highest BCUT2D eigenvalue weighted by Crippen LogP contribution is 2.19. The molecular formula is C18H19FN2O3S. The molecule has 7 heteroatoms. The van der Waals surface area contributed by atoms with Crippen molar-refractivity contribution in [3.63, 3.8) is 0 Å². The molecule has 0 heterocycles. The average Bonchev–Trinajstić information content (AvgIpc) is 2.62. The zero-order valence-corrected chi connectivity index (χ0v) is 14.8. The minimum Gasteiger partial charge on any atom is -0.491 e. The van der Waals surface area contributed by atoms with Gasteiger partial charge in [-0.1, -0.05) is 12.1 Å². The van der Waals surface area contributed by atoms with E-state index in [0.29, 0.717) is 17.9 Å². The lowest BCUT2D eigenvalue weighted by Crippen LogP contribution is -2.34. The second kappa shape index (κ2) is 9.08. The van der Waals surface area contributed by atoms with Crippen LogP contribution in [0.2, 0.25) is 0 Å². The van der Waals surface area contributed by atoms with E-state index >= 15 is 0 Å². The van der Waals surface area contributed by atoms with Crippen LogP contribution in [0.25, 0.3) is 0 Å². The third-order valence-corrected chi connectivity index (χ3v) is 4.01. The molecule has 0 atom stereocenters. The van der Waals surface area contributed by atoms with Crippen LogP contribution in [0.5, 0.6) is 5.75 Å². The largest absolute Gasteiger partial charge is 0.491 e. The summed E-state index contributed by atoms with van der Waals surface area (Å²) in [7, 11) is 0. The van der Waals surface area contributed by atoms with Crippen molar-refractivity contribution in [1.82, 2.24) is 5.32 Å². The molecular weight excluding hydrogens is 343 g/mol. The fourth-order valence-corrected chi connectivity index (χ4v) is 2.54. The van der Waals surface area contributed by atoms with Crippen LogP contribution in [0, 0.1) is 5.82 Å². The summed E-state index contributed by atoms with van der Waals surface area (Å²) in [6.45, 7) is 2.17. The van der Waals surface area contributed by atoms with Crippen molar-refractivity contribution in [2.75, 3.05) is 18.2 Å². The number of amides is 2. The Hall–Kier alpha value is -2.54. The highest BCUT2D eigenvalue weighted by Gasteiger charge is 2.14. The van der Waals surface area contributed by atoms with Crippen LogP contribution in [-0.4, -0.2) is 24.7 Å². The number of hydrogen-bond donors (Lipinski definition) is 2. The third kappa shape index (κ3) is 5.49. The number of thioether (sulfide) groups is 1. The quantitative estimate of drug-likeness (QED) is 0.612. The molecule has 2 aromatic carbocycles. The second-order valence-corrected chi connectivity index (χ2v) is 5.95. The summed E-state index contributed by atoms with van der Waals surface area (Å²) in [5.74, 6) is -1.91. The van der Waals surface area contributed by atoms with Gasteiger partial charge in [-0.2, -0.15) is 0 Å². The summed E-state index contributed by atoms with van der Waals surface area (Å²) < 4.78 is 18.9. The Morgan fingerprint density at radius 3 is 2.64 bits per heavy atom. The maximum absolute atomic E-state index is 13.8. The molecule has 2 amide bonds. The second-order valence-electron chi connectivity index (χ2n) is 5.07. The Kier molecular flexibility index (Phi) is 6.82. The molecule has 0 spiro atoms. The smallest absolute Gasteiger partial charge is 0.313 e. The zero-order valence-electron chi connectivity index (χ0n) is 14.0. The van der Waals surface area contributed by atoms with Gasteiger partial charge in [0.15, 0.2) is 11.6 Å². The van der Waals surface area contributed by atoms with E-state index in [4.69, 9.17) is 4.74 Å². The van der Waals surface area contributed by atoms with Crippen LogP contribution < -0.4 is 15.4 Å². The van der Waals surface area contributed by atoms with Gasteiger partial charge in [0, 0.05) is 17.1 Å². The van der Waals surface area contributed by atoms with Crippen molar-refractivity contribution in [3.05, 3.63) is 53.8 Å². The van der Waals surface area contributed by atoms with Crippen LogP contribution in [0.3, 0.4) is 0 Å². The molecule has 0 saturated carbocycles. The number of halogens is 1. The van der Waals surface area contributed by atoms with Gasteiger partial charge in [0.2, 0.25) is 0 Å². The van der Waals surface area contributed by atoms with Crippen molar-refractivity contribution in [2.45, 2.75) is 18.4 Å². The van der Waals surface area contributed by atoms with Crippen molar-refractivity contribution < 1.29 is 18.7 Å². The first-order chi connectivity index (χ1) is 12.0. The minimum atomic E-state index is -0.788. The van der Waals surface area contributed by atoms with Crippen molar-refractivity contribution in [2.24, 2.45) is 0 Å². The van der Waals surface area contributed by atoms with Crippen LogP contribution in [0.1, 0.15) is 12.5 Å². The molecule has 0 fully saturated rings. The van der Waals surface area contributed by atoms with Crippen molar-refractivity contribution >= 4 is 29.3 Å². The van der Waals surface area contributed by atoms with Gasteiger partial charge in [0.05, 0.1) is 6.61 Å². The summed E-state index contributed by atoms with van der Waals surface area (Å²) in [6.07, 6.45) is 1.92. The van der Waals surface area contributed by atoms with Crippen LogP contribution in [0.15, 0.2) is 47.4 Å². The maximum atomic E-state index is 13.8. The van der Waals surface area contributed by atoms with E-state index in [9.17, 15) is 14.0 Å². The van der Waals surface area contributed by atoms with Gasteiger partial charge in [-0.3, -0.25) is 9.59 Å². The molecule has 0 bridgehead atoms. The molecule has 0 aromatic heterocycles. The maximum Gasteiger partial charge on any atom is 0.313 e. The molecule has 0 aliphatic rings. The standard InChI is InChI=1S/C18H19FN2O3S/c1-3-24-16-8-7-12(9-15(16)19)11-20-17(22)18(23)21-13-5-4-6-14(10-13)25-2/h4-10H,3,11H2,1-2H3,(H,20,22)(H,21,23). The topological polar surface area (TPSA) is 67.4 Å². The van der Waals surface area contributed by atoms with Gasteiger partial charge in [-0.25, -0.2) is 4.39 Å². The molecule has 0 radical (unpaired) electrons. The van der Waals surface area contributed by atoms with Crippen LogP contribution >= 0.6 is 11.8 Å². The molecule has 2 aromatic rings. The number of rotatable bonds is 6.